The van der Waals surface area contributed by atoms with Crippen LogP contribution in [0.3, 0.4) is 0 Å². The van der Waals surface area contributed by atoms with E-state index >= 15 is 0 Å². The Hall–Kier alpha value is -3.58. The van der Waals surface area contributed by atoms with Crippen molar-refractivity contribution in [3.63, 3.8) is 0 Å². The second-order valence-electron chi connectivity index (χ2n) is 12.9. The van der Waals surface area contributed by atoms with E-state index in [1.54, 1.807) is 0 Å². The molecule has 1 fully saturated rings. The second-order valence-corrected chi connectivity index (χ2v) is 14.4. The van der Waals surface area contributed by atoms with Crippen molar-refractivity contribution in [1.82, 2.24) is 0 Å². The van der Waals surface area contributed by atoms with Crippen molar-refractivity contribution in [3.8, 4) is 0 Å². The summed E-state index contributed by atoms with van der Waals surface area (Å²) in [6, 6.07) is 52.1. The summed E-state index contributed by atoms with van der Waals surface area (Å²) in [5.41, 5.74) is 13.9. The monoisotopic (exact) mass is 712 g/mol. The molecule has 2 atom stereocenters. The van der Waals surface area contributed by atoms with E-state index in [2.05, 4.69) is 154 Å². The Morgan fingerprint density at radius 1 is 0.479 bits per heavy atom. The van der Waals surface area contributed by atoms with Crippen LogP contribution in [0, 0.1) is 13.8 Å². The largest absolute Gasteiger partial charge is 2.00 e. The summed E-state index contributed by atoms with van der Waals surface area (Å²) < 4.78 is 0. The fraction of sp³-hybridized carbons (Fsp3) is 0.174. The third-order valence-electron chi connectivity index (χ3n) is 10.3. The number of benzene rings is 6. The zero-order valence-corrected chi connectivity index (χ0v) is 31.7. The summed E-state index contributed by atoms with van der Waals surface area (Å²) in [4.78, 5) is 0. The molecule has 9 rings (SSSR count). The maximum Gasteiger partial charge on any atom is 2.00 e. The molecule has 234 valence electrons. The van der Waals surface area contributed by atoms with Crippen LogP contribution in [0.4, 0.5) is 0 Å². The normalized spacial score (nSPS) is 17.8. The maximum absolute atomic E-state index is 2.62. The van der Waals surface area contributed by atoms with Gasteiger partial charge in [-0.3, -0.25) is 0 Å². The summed E-state index contributed by atoms with van der Waals surface area (Å²) in [6.07, 6.45) is 5.65. The predicted molar refractivity (Wildman–Crippen MR) is 205 cm³/mol. The molecule has 0 bridgehead atoms. The minimum absolute atomic E-state index is 0. The van der Waals surface area contributed by atoms with Gasteiger partial charge in [0.15, 0.2) is 0 Å². The van der Waals surface area contributed by atoms with E-state index < -0.39 is 0 Å². The van der Waals surface area contributed by atoms with Crippen LogP contribution in [0.25, 0.3) is 32.7 Å². The van der Waals surface area contributed by atoms with Crippen LogP contribution in [0.5, 0.6) is 0 Å². The Kier molecular flexibility index (Phi) is 10.6. The van der Waals surface area contributed by atoms with Gasteiger partial charge in [0.2, 0.25) is 0 Å². The average molecular weight is 714 g/mol. The SMILES string of the molecule is C1CC[Si]C1.CC1=C(c2cccc3ccccc23)c2ccccc2C1[CH-]C1C(C)=C(c2cccc3ccccc23)c2ccccc21.[CH3-].[Zr+2]. The fourth-order valence-corrected chi connectivity index (χ4v) is 9.36. The molecular formula is C46H42SiZr. The Morgan fingerprint density at radius 2 is 0.854 bits per heavy atom. The Bertz CT molecular complexity index is 1980. The predicted octanol–water partition coefficient (Wildman–Crippen LogP) is 12.5. The standard InChI is InChI=1S/C41H31.C4H8Si.CH3.Zr/c1-26-38(32-19-7-9-21-36(32)40(26)34-23-11-15-28-13-3-5-17-30(28)34)25-39-27(2)41(37-22-10-8-20-33(37)39)35-24-12-16-29-14-4-6-18-31(29)35;1-2-4-5-3-1;;/h3-25,38-39H,1-2H3;1-4H2;1H3;/q-1;;-1;+2. The van der Waals surface area contributed by atoms with E-state index in [0.717, 1.165) is 0 Å². The number of hydrogen-bond donors (Lipinski definition) is 0. The molecule has 0 N–H and O–H groups in total. The third kappa shape index (κ3) is 6.08. The minimum atomic E-state index is 0. The molecule has 1 saturated heterocycles. The summed E-state index contributed by atoms with van der Waals surface area (Å²) in [7, 11) is 1.31. The fourth-order valence-electron chi connectivity index (χ4n) is 8.11. The van der Waals surface area contributed by atoms with Crippen LogP contribution in [-0.4, -0.2) is 9.52 Å². The molecule has 2 heteroatoms. The summed E-state index contributed by atoms with van der Waals surface area (Å²) in [6.45, 7) is 4.70. The van der Waals surface area contributed by atoms with Gasteiger partial charge in [-0.15, -0.1) is 11.8 Å². The van der Waals surface area contributed by atoms with Gasteiger partial charge in [-0.1, -0.05) is 181 Å². The van der Waals surface area contributed by atoms with Crippen molar-refractivity contribution >= 4 is 42.2 Å². The first-order chi connectivity index (χ1) is 22.7. The van der Waals surface area contributed by atoms with E-state index in [1.165, 1.54) is 112 Å². The molecule has 2 aliphatic carbocycles. The van der Waals surface area contributed by atoms with Crippen LogP contribution in [0.1, 0.15) is 71.9 Å². The van der Waals surface area contributed by atoms with Crippen molar-refractivity contribution in [1.29, 1.82) is 0 Å². The van der Waals surface area contributed by atoms with E-state index in [0.29, 0.717) is 0 Å². The van der Waals surface area contributed by atoms with Crippen molar-refractivity contribution in [3.05, 3.63) is 192 Å². The molecule has 6 aromatic carbocycles. The van der Waals surface area contributed by atoms with Gasteiger partial charge in [0.25, 0.3) is 0 Å². The van der Waals surface area contributed by atoms with Crippen LogP contribution < -0.4 is 0 Å². The van der Waals surface area contributed by atoms with E-state index in [9.17, 15) is 0 Å². The zero-order valence-electron chi connectivity index (χ0n) is 28.3. The quantitative estimate of drug-likeness (QED) is 0.126. The first kappa shape index (κ1) is 34.3. The smallest absolute Gasteiger partial charge is 0.358 e. The Morgan fingerprint density at radius 3 is 1.29 bits per heavy atom. The van der Waals surface area contributed by atoms with Gasteiger partial charge in [-0.25, -0.2) is 0 Å². The third-order valence-corrected chi connectivity index (χ3v) is 11.7. The van der Waals surface area contributed by atoms with Gasteiger partial charge < -0.3 is 13.8 Å². The van der Waals surface area contributed by atoms with Gasteiger partial charge in [-0.05, 0) is 68.8 Å². The van der Waals surface area contributed by atoms with E-state index in [1.807, 2.05) is 0 Å². The van der Waals surface area contributed by atoms with Gasteiger partial charge in [-0.2, -0.15) is 0 Å². The van der Waals surface area contributed by atoms with E-state index in [-0.39, 0.29) is 45.5 Å². The first-order valence-corrected chi connectivity index (χ1v) is 18.2. The molecule has 2 radical (unpaired) electrons. The molecule has 0 spiro atoms. The molecule has 0 amide bonds. The molecule has 0 aromatic heterocycles. The van der Waals surface area contributed by atoms with Crippen LogP contribution in [0.15, 0.2) is 145 Å². The summed E-state index contributed by atoms with van der Waals surface area (Å²) >= 11 is 0. The minimum Gasteiger partial charge on any atom is -0.358 e. The molecule has 2 unspecified atom stereocenters. The molecule has 3 aliphatic rings. The summed E-state index contributed by atoms with van der Waals surface area (Å²) in [5, 5.41) is 5.22. The van der Waals surface area contributed by atoms with Crippen LogP contribution in [0.2, 0.25) is 12.1 Å². The molecule has 1 aliphatic heterocycles. The average Bonchev–Trinajstić information content (AvgIpc) is 3.84. The van der Waals surface area contributed by atoms with Crippen molar-refractivity contribution in [2.24, 2.45) is 0 Å². The van der Waals surface area contributed by atoms with Crippen molar-refractivity contribution in [2.45, 2.75) is 50.6 Å². The van der Waals surface area contributed by atoms with Crippen molar-refractivity contribution < 1.29 is 26.2 Å². The Balaban J connectivity index is 0.000000528. The second kappa shape index (κ2) is 14.9. The number of rotatable bonds is 4. The van der Waals surface area contributed by atoms with Gasteiger partial charge in [0.05, 0.1) is 0 Å². The van der Waals surface area contributed by atoms with Crippen LogP contribution in [-0.2, 0) is 26.2 Å². The van der Waals surface area contributed by atoms with Gasteiger partial charge in [0.1, 0.15) is 0 Å². The topological polar surface area (TPSA) is 0 Å². The number of fused-ring (bicyclic) bond motifs is 4. The molecule has 48 heavy (non-hydrogen) atoms. The Labute approximate surface area is 309 Å². The number of allylic oxidation sites excluding steroid dienone is 2. The number of hydrogen-bond acceptors (Lipinski definition) is 0. The van der Waals surface area contributed by atoms with E-state index in [4.69, 9.17) is 0 Å². The molecule has 6 aromatic rings. The molecule has 0 saturated carbocycles. The molecule has 0 nitrogen and oxygen atoms in total. The molecular weight excluding hydrogens is 672 g/mol. The van der Waals surface area contributed by atoms with Crippen LogP contribution >= 0.6 is 0 Å². The first-order valence-electron chi connectivity index (χ1n) is 16.8. The summed E-state index contributed by atoms with van der Waals surface area (Å²) in [5.74, 6) is 0.500. The molecule has 1 heterocycles. The van der Waals surface area contributed by atoms with Crippen molar-refractivity contribution in [2.75, 3.05) is 0 Å². The van der Waals surface area contributed by atoms with Gasteiger partial charge in [0, 0.05) is 9.52 Å². The maximum atomic E-state index is 2.62. The zero-order chi connectivity index (χ0) is 31.0. The van der Waals surface area contributed by atoms with Gasteiger partial charge >= 0.3 is 26.2 Å².